The SMILES string of the molecule is CCOc1ccccc1CNC(=O)[C@H]1CCCN(c2ncnc3nn(-c4ccc(C)cc4)cc23)C1. The third-order valence-electron chi connectivity index (χ3n) is 6.41. The first-order chi connectivity index (χ1) is 17.1. The van der Waals surface area contributed by atoms with Crippen LogP contribution in [0.1, 0.15) is 30.9 Å². The maximum absolute atomic E-state index is 13.1. The fourth-order valence-electron chi connectivity index (χ4n) is 4.56. The van der Waals surface area contributed by atoms with E-state index in [1.54, 1.807) is 6.33 Å². The molecule has 1 fully saturated rings. The Balaban J connectivity index is 1.31. The molecule has 0 bridgehead atoms. The average molecular weight is 471 g/mol. The van der Waals surface area contributed by atoms with E-state index in [2.05, 4.69) is 44.3 Å². The summed E-state index contributed by atoms with van der Waals surface area (Å²) < 4.78 is 7.53. The fourth-order valence-corrected chi connectivity index (χ4v) is 4.56. The summed E-state index contributed by atoms with van der Waals surface area (Å²) in [5.74, 6) is 1.59. The van der Waals surface area contributed by atoms with Crippen molar-refractivity contribution in [2.75, 3.05) is 24.6 Å². The van der Waals surface area contributed by atoms with Crippen LogP contribution < -0.4 is 15.0 Å². The van der Waals surface area contributed by atoms with Crippen molar-refractivity contribution in [3.05, 3.63) is 72.2 Å². The molecule has 0 aliphatic carbocycles. The van der Waals surface area contributed by atoms with Crippen molar-refractivity contribution in [2.45, 2.75) is 33.2 Å². The molecule has 4 aromatic rings. The van der Waals surface area contributed by atoms with Crippen LogP contribution in [-0.4, -0.2) is 45.4 Å². The number of aryl methyl sites for hydroxylation is 1. The number of anilines is 1. The van der Waals surface area contributed by atoms with Crippen LogP contribution in [0.4, 0.5) is 5.82 Å². The number of carbonyl (C=O) groups is 1. The van der Waals surface area contributed by atoms with Gasteiger partial charge in [0.25, 0.3) is 0 Å². The molecular weight excluding hydrogens is 440 g/mol. The molecule has 2 aromatic heterocycles. The summed E-state index contributed by atoms with van der Waals surface area (Å²) in [6.45, 7) is 6.52. The van der Waals surface area contributed by atoms with Crippen molar-refractivity contribution in [3.8, 4) is 11.4 Å². The number of piperidine rings is 1. The van der Waals surface area contributed by atoms with Crippen LogP contribution in [0.2, 0.25) is 0 Å². The Morgan fingerprint density at radius 2 is 1.97 bits per heavy atom. The number of hydrogen-bond donors (Lipinski definition) is 1. The second-order valence-electron chi connectivity index (χ2n) is 8.89. The second kappa shape index (κ2) is 10.1. The van der Waals surface area contributed by atoms with E-state index in [1.165, 1.54) is 5.56 Å². The first-order valence-electron chi connectivity index (χ1n) is 12.1. The van der Waals surface area contributed by atoms with Gasteiger partial charge in [0, 0.05) is 31.4 Å². The van der Waals surface area contributed by atoms with Gasteiger partial charge in [-0.05, 0) is 44.9 Å². The van der Waals surface area contributed by atoms with Gasteiger partial charge in [-0.1, -0.05) is 35.9 Å². The Morgan fingerprint density at radius 3 is 2.80 bits per heavy atom. The second-order valence-corrected chi connectivity index (χ2v) is 8.89. The van der Waals surface area contributed by atoms with Crippen molar-refractivity contribution in [3.63, 3.8) is 0 Å². The largest absolute Gasteiger partial charge is 0.494 e. The smallest absolute Gasteiger partial charge is 0.225 e. The highest BCUT2D eigenvalue weighted by atomic mass is 16.5. The molecule has 1 N–H and O–H groups in total. The topological polar surface area (TPSA) is 85.2 Å². The Hall–Kier alpha value is -3.94. The van der Waals surface area contributed by atoms with Gasteiger partial charge < -0.3 is 15.0 Å². The number of carbonyl (C=O) groups excluding carboxylic acids is 1. The van der Waals surface area contributed by atoms with Gasteiger partial charge in [-0.25, -0.2) is 14.6 Å². The number of ether oxygens (including phenoxy) is 1. The van der Waals surface area contributed by atoms with Crippen LogP contribution >= 0.6 is 0 Å². The minimum atomic E-state index is -0.111. The number of benzene rings is 2. The molecule has 1 saturated heterocycles. The molecule has 0 spiro atoms. The molecule has 0 radical (unpaired) electrons. The number of nitrogens with one attached hydrogen (secondary N) is 1. The molecule has 3 heterocycles. The zero-order valence-corrected chi connectivity index (χ0v) is 20.1. The van der Waals surface area contributed by atoms with E-state index in [0.29, 0.717) is 25.3 Å². The van der Waals surface area contributed by atoms with Crippen molar-refractivity contribution >= 4 is 22.8 Å². The molecule has 1 atom stereocenters. The Labute approximate surface area is 205 Å². The summed E-state index contributed by atoms with van der Waals surface area (Å²) in [6, 6.07) is 16.0. The lowest BCUT2D eigenvalue weighted by molar-refractivity contribution is -0.125. The molecule has 1 amide bonds. The lowest BCUT2D eigenvalue weighted by atomic mass is 9.97. The lowest BCUT2D eigenvalue weighted by Crippen LogP contribution is -2.43. The number of hydrogen-bond acceptors (Lipinski definition) is 6. The summed E-state index contributed by atoms with van der Waals surface area (Å²) in [5.41, 5.74) is 3.80. The van der Waals surface area contributed by atoms with Gasteiger partial charge >= 0.3 is 0 Å². The predicted octanol–water partition coefficient (Wildman–Crippen LogP) is 4.06. The summed E-state index contributed by atoms with van der Waals surface area (Å²) >= 11 is 0. The summed E-state index contributed by atoms with van der Waals surface area (Å²) in [7, 11) is 0. The van der Waals surface area contributed by atoms with Crippen molar-refractivity contribution < 1.29 is 9.53 Å². The molecule has 0 unspecified atom stereocenters. The zero-order chi connectivity index (χ0) is 24.2. The van der Waals surface area contributed by atoms with E-state index in [1.807, 2.05) is 54.2 Å². The number of aromatic nitrogens is 4. The monoisotopic (exact) mass is 470 g/mol. The quantitative estimate of drug-likeness (QED) is 0.439. The maximum atomic E-state index is 13.1. The number of fused-ring (bicyclic) bond motifs is 1. The van der Waals surface area contributed by atoms with E-state index >= 15 is 0 Å². The van der Waals surface area contributed by atoms with Crippen LogP contribution in [0.25, 0.3) is 16.7 Å². The summed E-state index contributed by atoms with van der Waals surface area (Å²) in [6.07, 6.45) is 5.31. The lowest BCUT2D eigenvalue weighted by Gasteiger charge is -2.33. The molecule has 1 aliphatic rings. The van der Waals surface area contributed by atoms with E-state index < -0.39 is 0 Å². The highest BCUT2D eigenvalue weighted by molar-refractivity contribution is 5.87. The number of nitrogens with zero attached hydrogens (tertiary/aromatic N) is 5. The Bertz CT molecular complexity index is 1320. The standard InChI is InChI=1S/C27H30N6O2/c1-3-35-24-9-5-4-7-20(24)15-28-27(34)21-8-6-14-32(16-21)26-23-17-33(31-25(23)29-18-30-26)22-12-10-19(2)11-13-22/h4-5,7,9-13,17-18,21H,3,6,8,14-16H2,1-2H3,(H,28,34)/t21-/m0/s1. The van der Waals surface area contributed by atoms with Crippen molar-refractivity contribution in [1.82, 2.24) is 25.1 Å². The highest BCUT2D eigenvalue weighted by Gasteiger charge is 2.28. The Kier molecular flexibility index (Phi) is 6.61. The minimum absolute atomic E-state index is 0.0571. The fraction of sp³-hybridized carbons (Fsp3) is 0.333. The van der Waals surface area contributed by atoms with E-state index in [4.69, 9.17) is 4.74 Å². The van der Waals surface area contributed by atoms with Crippen molar-refractivity contribution in [2.24, 2.45) is 5.92 Å². The van der Waals surface area contributed by atoms with Gasteiger partial charge in [0.05, 0.1) is 23.6 Å². The van der Waals surface area contributed by atoms with Crippen LogP contribution in [0.3, 0.4) is 0 Å². The molecule has 5 rings (SSSR count). The summed E-state index contributed by atoms with van der Waals surface area (Å²) in [4.78, 5) is 24.2. The maximum Gasteiger partial charge on any atom is 0.225 e. The molecule has 8 heteroatoms. The van der Waals surface area contributed by atoms with Crippen LogP contribution in [-0.2, 0) is 11.3 Å². The van der Waals surface area contributed by atoms with E-state index in [0.717, 1.165) is 47.6 Å². The zero-order valence-electron chi connectivity index (χ0n) is 20.1. The molecule has 180 valence electrons. The highest BCUT2D eigenvalue weighted by Crippen LogP contribution is 2.28. The molecular formula is C27H30N6O2. The molecule has 2 aromatic carbocycles. The number of amides is 1. The van der Waals surface area contributed by atoms with E-state index in [9.17, 15) is 4.79 Å². The molecule has 1 aliphatic heterocycles. The van der Waals surface area contributed by atoms with Crippen LogP contribution in [0.15, 0.2) is 61.1 Å². The van der Waals surface area contributed by atoms with Gasteiger partial charge in [0.1, 0.15) is 17.9 Å². The number of para-hydroxylation sites is 1. The molecule has 0 saturated carbocycles. The third kappa shape index (κ3) is 4.96. The average Bonchev–Trinajstić information content (AvgIpc) is 3.33. The van der Waals surface area contributed by atoms with Gasteiger partial charge in [-0.15, -0.1) is 5.10 Å². The normalized spacial score (nSPS) is 15.8. The van der Waals surface area contributed by atoms with Gasteiger partial charge in [-0.2, -0.15) is 0 Å². The van der Waals surface area contributed by atoms with Gasteiger partial charge in [0.15, 0.2) is 5.65 Å². The third-order valence-corrected chi connectivity index (χ3v) is 6.41. The predicted molar refractivity (Wildman–Crippen MR) is 136 cm³/mol. The molecule has 35 heavy (non-hydrogen) atoms. The van der Waals surface area contributed by atoms with Gasteiger partial charge in [-0.3, -0.25) is 4.79 Å². The Morgan fingerprint density at radius 1 is 1.14 bits per heavy atom. The van der Waals surface area contributed by atoms with Crippen LogP contribution in [0.5, 0.6) is 5.75 Å². The number of rotatable bonds is 7. The minimum Gasteiger partial charge on any atom is -0.494 e. The van der Waals surface area contributed by atoms with Crippen molar-refractivity contribution in [1.29, 1.82) is 0 Å². The first kappa shape index (κ1) is 22.8. The van der Waals surface area contributed by atoms with Crippen LogP contribution in [0, 0.1) is 12.8 Å². The molecule has 8 nitrogen and oxygen atoms in total. The first-order valence-corrected chi connectivity index (χ1v) is 12.1. The van der Waals surface area contributed by atoms with E-state index in [-0.39, 0.29) is 11.8 Å². The van der Waals surface area contributed by atoms with Gasteiger partial charge in [0.2, 0.25) is 5.91 Å². The summed E-state index contributed by atoms with van der Waals surface area (Å²) in [5, 5.41) is 8.66.